The van der Waals surface area contributed by atoms with E-state index in [9.17, 15) is 0 Å². The van der Waals surface area contributed by atoms with E-state index >= 15 is 0 Å². The number of aromatic nitrogens is 5. The molecule has 12 aromatic rings. The number of rotatable bonds is 4. The number of benzene rings is 8. The van der Waals surface area contributed by atoms with E-state index in [-0.39, 0.29) is 0 Å². The SMILES string of the molecule is c1ccc(-c2nc(-c3ccc4c(c3)oc3ccccc34)nc(-n3c4ccccc4c4c5c6ccc7ccccc7c6n(-c6ccccc6)c5ccc43)n2)cc1. The molecule has 0 fully saturated rings. The summed E-state index contributed by atoms with van der Waals surface area (Å²) < 4.78 is 10.9. The third-order valence-electron chi connectivity index (χ3n) is 11.0. The Morgan fingerprint density at radius 2 is 1.00 bits per heavy atom. The van der Waals surface area contributed by atoms with Crippen LogP contribution in [0, 0.1) is 0 Å². The van der Waals surface area contributed by atoms with Gasteiger partial charge in [0.25, 0.3) is 0 Å². The van der Waals surface area contributed by atoms with E-state index in [4.69, 9.17) is 19.4 Å². The van der Waals surface area contributed by atoms with E-state index < -0.39 is 0 Å². The van der Waals surface area contributed by atoms with E-state index in [0.717, 1.165) is 66.1 Å². The third-order valence-corrected chi connectivity index (χ3v) is 11.0. The first-order valence-corrected chi connectivity index (χ1v) is 18.5. The van der Waals surface area contributed by atoms with Crippen molar-refractivity contribution < 1.29 is 4.42 Å². The van der Waals surface area contributed by atoms with Gasteiger partial charge in [-0.15, -0.1) is 0 Å². The largest absolute Gasteiger partial charge is 0.456 e. The highest BCUT2D eigenvalue weighted by molar-refractivity contribution is 6.31. The maximum atomic E-state index is 6.31. The molecule has 0 saturated heterocycles. The van der Waals surface area contributed by atoms with Crippen LogP contribution in [0.3, 0.4) is 0 Å². The molecule has 0 radical (unpaired) electrons. The Morgan fingerprint density at radius 3 is 1.84 bits per heavy atom. The van der Waals surface area contributed by atoms with Crippen molar-refractivity contribution in [1.82, 2.24) is 24.1 Å². The Kier molecular flexibility index (Phi) is 6.24. The van der Waals surface area contributed by atoms with Gasteiger partial charge in [0, 0.05) is 54.5 Å². The Labute approximate surface area is 314 Å². The quantitative estimate of drug-likeness (QED) is 0.183. The van der Waals surface area contributed by atoms with Crippen LogP contribution in [0.1, 0.15) is 0 Å². The van der Waals surface area contributed by atoms with E-state index in [0.29, 0.717) is 17.6 Å². The van der Waals surface area contributed by atoms with Crippen molar-refractivity contribution in [2.75, 3.05) is 0 Å². The molecular formula is C49H29N5O. The predicted molar refractivity (Wildman–Crippen MR) is 224 cm³/mol. The normalized spacial score (nSPS) is 12.0. The van der Waals surface area contributed by atoms with E-state index in [1.165, 1.54) is 27.1 Å². The molecule has 0 unspecified atom stereocenters. The van der Waals surface area contributed by atoms with Gasteiger partial charge in [-0.3, -0.25) is 4.57 Å². The minimum Gasteiger partial charge on any atom is -0.456 e. The molecule has 0 bridgehead atoms. The third kappa shape index (κ3) is 4.39. The maximum absolute atomic E-state index is 6.31. The second-order valence-electron chi connectivity index (χ2n) is 14.0. The highest BCUT2D eigenvalue weighted by atomic mass is 16.3. The summed E-state index contributed by atoms with van der Waals surface area (Å²) in [5.74, 6) is 1.73. The molecule has 0 saturated carbocycles. The van der Waals surface area contributed by atoms with Crippen LogP contribution in [-0.4, -0.2) is 24.1 Å². The Balaban J connectivity index is 1.18. The van der Waals surface area contributed by atoms with Crippen LogP contribution >= 0.6 is 0 Å². The van der Waals surface area contributed by atoms with E-state index in [1.54, 1.807) is 0 Å². The lowest BCUT2D eigenvalue weighted by Gasteiger charge is -2.11. The maximum Gasteiger partial charge on any atom is 0.238 e. The highest BCUT2D eigenvalue weighted by Gasteiger charge is 2.23. The fraction of sp³-hybridized carbons (Fsp3) is 0. The van der Waals surface area contributed by atoms with E-state index in [1.807, 2.05) is 54.6 Å². The number of nitrogens with zero attached hydrogens (tertiary/aromatic N) is 5. The van der Waals surface area contributed by atoms with Crippen LogP contribution in [0.4, 0.5) is 0 Å². The van der Waals surface area contributed by atoms with Crippen LogP contribution in [-0.2, 0) is 0 Å². The highest BCUT2D eigenvalue weighted by Crippen LogP contribution is 2.44. The first-order chi connectivity index (χ1) is 27.3. The summed E-state index contributed by atoms with van der Waals surface area (Å²) in [5.41, 5.74) is 8.93. The van der Waals surface area contributed by atoms with Crippen molar-refractivity contribution in [3.8, 4) is 34.4 Å². The summed E-state index contributed by atoms with van der Waals surface area (Å²) in [7, 11) is 0. The van der Waals surface area contributed by atoms with Gasteiger partial charge in [0.1, 0.15) is 11.2 Å². The molecule has 8 aromatic carbocycles. The molecule has 0 aliphatic heterocycles. The van der Waals surface area contributed by atoms with Crippen molar-refractivity contribution in [3.63, 3.8) is 0 Å². The fourth-order valence-corrected chi connectivity index (χ4v) is 8.56. The average Bonchev–Trinajstić information content (AvgIpc) is 3.91. The Bertz CT molecular complexity index is 3490. The Hall–Kier alpha value is -7.57. The van der Waals surface area contributed by atoms with Gasteiger partial charge in [0.2, 0.25) is 5.95 Å². The molecule has 0 aliphatic rings. The zero-order chi connectivity index (χ0) is 36.0. The first-order valence-electron chi connectivity index (χ1n) is 18.5. The number of fused-ring (bicyclic) bond motifs is 12. The summed E-state index contributed by atoms with van der Waals surface area (Å²) in [6.07, 6.45) is 0. The molecular weight excluding hydrogens is 675 g/mol. The summed E-state index contributed by atoms with van der Waals surface area (Å²) >= 11 is 0. The molecule has 256 valence electrons. The smallest absolute Gasteiger partial charge is 0.238 e. The predicted octanol–water partition coefficient (Wildman–Crippen LogP) is 12.5. The van der Waals surface area contributed by atoms with Gasteiger partial charge in [-0.2, -0.15) is 9.97 Å². The zero-order valence-corrected chi connectivity index (χ0v) is 29.4. The second kappa shape index (κ2) is 11.5. The lowest BCUT2D eigenvalue weighted by atomic mass is 10.0. The number of hydrogen-bond acceptors (Lipinski definition) is 4. The van der Waals surface area contributed by atoms with Gasteiger partial charge in [0.05, 0.1) is 22.1 Å². The summed E-state index contributed by atoms with van der Waals surface area (Å²) in [6.45, 7) is 0. The topological polar surface area (TPSA) is 61.7 Å². The molecule has 0 atom stereocenters. The minimum absolute atomic E-state index is 0.552. The molecule has 55 heavy (non-hydrogen) atoms. The fourth-order valence-electron chi connectivity index (χ4n) is 8.56. The van der Waals surface area contributed by atoms with Crippen molar-refractivity contribution in [2.45, 2.75) is 0 Å². The van der Waals surface area contributed by atoms with Crippen molar-refractivity contribution in [2.24, 2.45) is 0 Å². The first kappa shape index (κ1) is 29.9. The van der Waals surface area contributed by atoms with E-state index in [2.05, 4.69) is 130 Å². The van der Waals surface area contributed by atoms with Gasteiger partial charge in [0.15, 0.2) is 11.6 Å². The number of para-hydroxylation sites is 3. The lowest BCUT2D eigenvalue weighted by Crippen LogP contribution is -2.06. The molecule has 0 spiro atoms. The van der Waals surface area contributed by atoms with Crippen molar-refractivity contribution in [3.05, 3.63) is 176 Å². The Morgan fingerprint density at radius 1 is 0.382 bits per heavy atom. The van der Waals surface area contributed by atoms with Gasteiger partial charge < -0.3 is 8.98 Å². The standard InChI is InChI=1S/C49H29N5O/c1-3-14-31(15-4-1)47-50-48(32-24-25-36-35-19-10-12-22-42(35)55-43(36)29-32)52-49(51-47)54-39-21-11-9-20-37(39)44-41(54)28-27-40-45(44)38-26-23-30-13-7-8-18-34(30)46(38)53(40)33-16-5-2-6-17-33/h1-29H. The van der Waals surface area contributed by atoms with Gasteiger partial charge >= 0.3 is 0 Å². The zero-order valence-electron chi connectivity index (χ0n) is 29.4. The molecule has 12 rings (SSSR count). The van der Waals surface area contributed by atoms with Gasteiger partial charge in [-0.05, 0) is 53.9 Å². The molecule has 6 nitrogen and oxygen atoms in total. The van der Waals surface area contributed by atoms with Crippen LogP contribution in [0.15, 0.2) is 180 Å². The van der Waals surface area contributed by atoms with Crippen LogP contribution in [0.25, 0.3) is 111 Å². The molecule has 0 aliphatic carbocycles. The van der Waals surface area contributed by atoms with Crippen LogP contribution in [0.2, 0.25) is 0 Å². The number of furan rings is 1. The molecule has 4 heterocycles. The molecule has 4 aromatic heterocycles. The van der Waals surface area contributed by atoms with Crippen LogP contribution in [0.5, 0.6) is 0 Å². The average molecular weight is 704 g/mol. The summed E-state index contributed by atoms with van der Waals surface area (Å²) in [4.78, 5) is 15.6. The monoisotopic (exact) mass is 703 g/mol. The second-order valence-corrected chi connectivity index (χ2v) is 14.0. The minimum atomic E-state index is 0.552. The molecule has 0 amide bonds. The molecule has 0 N–H and O–H groups in total. The van der Waals surface area contributed by atoms with Crippen molar-refractivity contribution in [1.29, 1.82) is 0 Å². The molecule has 6 heteroatoms. The lowest BCUT2D eigenvalue weighted by molar-refractivity contribution is 0.669. The van der Waals surface area contributed by atoms with Crippen LogP contribution < -0.4 is 0 Å². The van der Waals surface area contributed by atoms with Crippen molar-refractivity contribution >= 4 is 76.3 Å². The van der Waals surface area contributed by atoms with Gasteiger partial charge in [-0.1, -0.05) is 127 Å². The van der Waals surface area contributed by atoms with Gasteiger partial charge in [-0.25, -0.2) is 4.98 Å². The summed E-state index contributed by atoms with van der Waals surface area (Å²) in [5, 5.41) is 9.27. The summed E-state index contributed by atoms with van der Waals surface area (Å²) in [6, 6.07) is 61.4. The number of hydrogen-bond donors (Lipinski definition) is 0.